The average Bonchev–Trinajstić information content (AvgIpc) is 2.84. The van der Waals surface area contributed by atoms with E-state index in [9.17, 15) is 4.79 Å². The molecule has 0 amide bonds. The Morgan fingerprint density at radius 3 is 2.58 bits per heavy atom. The number of hydrogen-bond donors (Lipinski definition) is 0. The van der Waals surface area contributed by atoms with Crippen LogP contribution in [-0.2, 0) is 6.61 Å². The van der Waals surface area contributed by atoms with E-state index in [-0.39, 0.29) is 18.1 Å². The largest absolute Gasteiger partial charge is 0.487 e. The Hall–Kier alpha value is -1.90. The molecule has 1 heterocycles. The van der Waals surface area contributed by atoms with Crippen molar-refractivity contribution in [2.45, 2.75) is 32.8 Å². The van der Waals surface area contributed by atoms with Gasteiger partial charge in [0, 0.05) is 21.0 Å². The van der Waals surface area contributed by atoms with E-state index in [1.54, 1.807) is 36.5 Å². The van der Waals surface area contributed by atoms with Crippen molar-refractivity contribution in [3.63, 3.8) is 0 Å². The van der Waals surface area contributed by atoms with Gasteiger partial charge in [0.1, 0.15) is 18.2 Å². The third-order valence-corrected chi connectivity index (χ3v) is 7.64. The van der Waals surface area contributed by atoms with Gasteiger partial charge in [0.25, 0.3) is 5.56 Å². The topological polar surface area (TPSA) is 56.5 Å². The zero-order chi connectivity index (χ0) is 26.0. The molecule has 0 spiro atoms. The quantitative estimate of drug-likeness (QED) is 0.185. The maximum atomic E-state index is 13.4. The minimum Gasteiger partial charge on any atom is -0.487 e. The molecular weight excluding hydrogens is 652 g/mol. The molecule has 5 nitrogen and oxygen atoms in total. The van der Waals surface area contributed by atoms with Gasteiger partial charge in [-0.15, -0.1) is 0 Å². The van der Waals surface area contributed by atoms with Crippen LogP contribution in [0.3, 0.4) is 0 Å². The lowest BCUT2D eigenvalue weighted by molar-refractivity contribution is 0.304. The van der Waals surface area contributed by atoms with E-state index in [0.717, 1.165) is 16.5 Å². The fourth-order valence-corrected chi connectivity index (χ4v) is 5.14. The molecule has 0 fully saturated rings. The third-order valence-electron chi connectivity index (χ3n) is 5.60. The summed E-state index contributed by atoms with van der Waals surface area (Å²) in [7, 11) is 0. The molecule has 0 aliphatic heterocycles. The first kappa shape index (κ1) is 27.1. The van der Waals surface area contributed by atoms with Gasteiger partial charge in [-0.3, -0.25) is 4.79 Å². The molecule has 0 bridgehead atoms. The number of fused-ring (bicyclic) bond motifs is 1. The van der Waals surface area contributed by atoms with Gasteiger partial charge >= 0.3 is 0 Å². The summed E-state index contributed by atoms with van der Waals surface area (Å²) in [5.41, 5.74) is 1.80. The monoisotopic (exact) mass is 669 g/mol. The molecule has 3 aromatic carbocycles. The second-order valence-electron chi connectivity index (χ2n) is 8.15. The molecular formula is C26H20Br2Cl3N3O2. The lowest BCUT2D eigenvalue weighted by Gasteiger charge is -2.15. The molecule has 10 heteroatoms. The van der Waals surface area contributed by atoms with Crippen molar-refractivity contribution in [2.75, 3.05) is 0 Å². The maximum absolute atomic E-state index is 13.4. The van der Waals surface area contributed by atoms with Crippen LogP contribution in [0.4, 0.5) is 0 Å². The fourth-order valence-electron chi connectivity index (χ4n) is 3.51. The molecule has 0 aliphatic rings. The first-order valence-electron chi connectivity index (χ1n) is 11.0. The zero-order valence-corrected chi connectivity index (χ0v) is 24.7. The Kier molecular flexibility index (Phi) is 8.79. The van der Waals surface area contributed by atoms with Gasteiger partial charge in [-0.25, -0.2) is 4.98 Å². The number of aromatic nitrogens is 2. The molecule has 0 saturated heterocycles. The molecule has 0 N–H and O–H groups in total. The third kappa shape index (κ3) is 5.97. The molecule has 4 rings (SSSR count). The number of benzene rings is 3. The van der Waals surface area contributed by atoms with Crippen molar-refractivity contribution in [1.82, 2.24) is 9.66 Å². The summed E-state index contributed by atoms with van der Waals surface area (Å²) in [6.07, 6.45) is 2.35. The van der Waals surface area contributed by atoms with Crippen LogP contribution in [0.5, 0.6) is 5.75 Å². The van der Waals surface area contributed by atoms with Crippen molar-refractivity contribution in [3.05, 3.63) is 99.8 Å². The first-order chi connectivity index (χ1) is 17.2. The lowest BCUT2D eigenvalue weighted by atomic mass is 10.1. The van der Waals surface area contributed by atoms with E-state index < -0.39 is 0 Å². The Morgan fingerprint density at radius 1 is 1.08 bits per heavy atom. The van der Waals surface area contributed by atoms with Crippen LogP contribution in [-0.4, -0.2) is 15.9 Å². The van der Waals surface area contributed by atoms with E-state index in [1.165, 1.54) is 4.68 Å². The molecule has 0 aliphatic carbocycles. The van der Waals surface area contributed by atoms with Crippen LogP contribution in [0.25, 0.3) is 10.9 Å². The summed E-state index contributed by atoms with van der Waals surface area (Å²) in [5, 5.41) is 6.43. The predicted molar refractivity (Wildman–Crippen MR) is 155 cm³/mol. The molecule has 0 radical (unpaired) electrons. The van der Waals surface area contributed by atoms with Gasteiger partial charge < -0.3 is 4.74 Å². The second kappa shape index (κ2) is 11.7. The van der Waals surface area contributed by atoms with Gasteiger partial charge in [0.05, 0.1) is 31.6 Å². The van der Waals surface area contributed by atoms with Crippen LogP contribution in [0, 0.1) is 0 Å². The highest BCUT2D eigenvalue weighted by molar-refractivity contribution is 9.10. The summed E-state index contributed by atoms with van der Waals surface area (Å²) >= 11 is 25.4. The van der Waals surface area contributed by atoms with Crippen molar-refractivity contribution >= 4 is 83.8 Å². The predicted octanol–water partition coefficient (Wildman–Crippen LogP) is 8.86. The molecule has 0 saturated carbocycles. The standard InChI is InChI=1S/C26H20Br2Cl3N3O2/c1-3-14(2)25-33-23-7-5-17(27)10-19(23)26(35)34(25)32-12-16-9-18(29)11-20(28)24(16)36-13-15-4-6-21(30)22(31)8-15/h4-12,14H,3,13H2,1-2H3/t14-/m1/s1. The van der Waals surface area contributed by atoms with Gasteiger partial charge in [-0.05, 0) is 70.4 Å². The maximum Gasteiger partial charge on any atom is 0.282 e. The minimum atomic E-state index is -0.257. The van der Waals surface area contributed by atoms with E-state index in [2.05, 4.69) is 37.0 Å². The van der Waals surface area contributed by atoms with Crippen molar-refractivity contribution in [2.24, 2.45) is 5.10 Å². The summed E-state index contributed by atoms with van der Waals surface area (Å²) in [6, 6.07) is 14.2. The van der Waals surface area contributed by atoms with E-state index >= 15 is 0 Å². The molecule has 4 aromatic rings. The fraction of sp³-hybridized carbons (Fsp3) is 0.192. The van der Waals surface area contributed by atoms with Gasteiger partial charge in [0.2, 0.25) is 0 Å². The SMILES string of the molecule is CC[C@@H](C)c1nc2ccc(Br)cc2c(=O)n1N=Cc1cc(Cl)cc(Br)c1OCc1ccc(Cl)c(Cl)c1. The van der Waals surface area contributed by atoms with Crippen molar-refractivity contribution in [1.29, 1.82) is 0 Å². The normalized spacial score (nSPS) is 12.4. The number of nitrogens with zero attached hydrogens (tertiary/aromatic N) is 3. The van der Waals surface area contributed by atoms with Gasteiger partial charge in [-0.2, -0.15) is 9.78 Å². The van der Waals surface area contributed by atoms with Crippen molar-refractivity contribution in [3.8, 4) is 5.75 Å². The Labute approximate surface area is 240 Å². The van der Waals surface area contributed by atoms with Crippen LogP contribution in [0.2, 0.25) is 15.1 Å². The van der Waals surface area contributed by atoms with Crippen LogP contribution in [0.1, 0.15) is 43.1 Å². The van der Waals surface area contributed by atoms with Gasteiger partial charge in [0.15, 0.2) is 0 Å². The average molecular weight is 673 g/mol. The van der Waals surface area contributed by atoms with E-state index in [0.29, 0.717) is 47.6 Å². The summed E-state index contributed by atoms with van der Waals surface area (Å²) in [6.45, 7) is 4.29. The minimum absolute atomic E-state index is 0.0133. The smallest absolute Gasteiger partial charge is 0.282 e. The number of ether oxygens (including phenoxy) is 1. The number of hydrogen-bond acceptors (Lipinski definition) is 4. The zero-order valence-electron chi connectivity index (χ0n) is 19.2. The Balaban J connectivity index is 1.77. The second-order valence-corrected chi connectivity index (χ2v) is 11.2. The summed E-state index contributed by atoms with van der Waals surface area (Å²) < 4.78 is 8.88. The Morgan fingerprint density at radius 2 is 1.86 bits per heavy atom. The highest BCUT2D eigenvalue weighted by atomic mass is 79.9. The summed E-state index contributed by atoms with van der Waals surface area (Å²) in [5.74, 6) is 1.11. The number of rotatable bonds is 7. The lowest BCUT2D eigenvalue weighted by Crippen LogP contribution is -2.23. The highest BCUT2D eigenvalue weighted by Gasteiger charge is 2.16. The van der Waals surface area contributed by atoms with E-state index in [1.807, 2.05) is 32.0 Å². The first-order valence-corrected chi connectivity index (χ1v) is 13.7. The highest BCUT2D eigenvalue weighted by Crippen LogP contribution is 2.33. The number of halogens is 5. The van der Waals surface area contributed by atoms with Gasteiger partial charge in [-0.1, -0.05) is 70.6 Å². The Bertz CT molecular complexity index is 1540. The summed E-state index contributed by atoms with van der Waals surface area (Å²) in [4.78, 5) is 18.2. The van der Waals surface area contributed by atoms with E-state index in [4.69, 9.17) is 44.5 Å². The molecule has 186 valence electrons. The molecule has 36 heavy (non-hydrogen) atoms. The van der Waals surface area contributed by atoms with Crippen LogP contribution < -0.4 is 10.3 Å². The van der Waals surface area contributed by atoms with Crippen molar-refractivity contribution < 1.29 is 4.74 Å². The van der Waals surface area contributed by atoms with Crippen LogP contribution in [0.15, 0.2) is 67.4 Å². The van der Waals surface area contributed by atoms with Crippen LogP contribution >= 0.6 is 66.7 Å². The molecule has 1 aromatic heterocycles. The molecule has 1 atom stereocenters. The molecule has 0 unspecified atom stereocenters.